The minimum absolute atomic E-state index is 0.875. The lowest BCUT2D eigenvalue weighted by Crippen LogP contribution is -2.45. The fourth-order valence-electron chi connectivity index (χ4n) is 3.53. The van der Waals surface area contributed by atoms with Crippen LogP contribution in [0.1, 0.15) is 10.6 Å². The van der Waals surface area contributed by atoms with Crippen molar-refractivity contribution in [2.45, 2.75) is 13.1 Å². The van der Waals surface area contributed by atoms with Gasteiger partial charge in [0, 0.05) is 38.3 Å². The predicted molar refractivity (Wildman–Crippen MR) is 110 cm³/mol. The van der Waals surface area contributed by atoms with E-state index in [2.05, 4.69) is 40.1 Å². The van der Waals surface area contributed by atoms with E-state index in [9.17, 15) is 0 Å². The monoisotopic (exact) mass is 383 g/mol. The average molecular weight is 384 g/mol. The number of methoxy groups -OCH3 is 2. The molecule has 0 bridgehead atoms. The maximum Gasteiger partial charge on any atom is 0.123 e. The molecule has 0 unspecified atom stereocenters. The van der Waals surface area contributed by atoms with E-state index < -0.39 is 0 Å². The van der Waals surface area contributed by atoms with Gasteiger partial charge in [0.25, 0.3) is 0 Å². The predicted octanol–water partition coefficient (Wildman–Crippen LogP) is 3.63. The minimum Gasteiger partial charge on any atom is -0.497 e. The second-order valence-electron chi connectivity index (χ2n) is 6.81. The van der Waals surface area contributed by atoms with Crippen LogP contribution in [0.4, 0.5) is 0 Å². The van der Waals surface area contributed by atoms with Crippen molar-refractivity contribution in [2.75, 3.05) is 40.4 Å². The molecule has 1 saturated heterocycles. The van der Waals surface area contributed by atoms with Crippen LogP contribution in [0.15, 0.2) is 42.5 Å². The van der Waals surface area contributed by atoms with Gasteiger partial charge in [-0.05, 0) is 30.3 Å². The first-order valence-corrected chi connectivity index (χ1v) is 10.1. The molecule has 0 N–H and O–H groups in total. The molecule has 1 aliphatic heterocycles. The number of benzene rings is 2. The summed E-state index contributed by atoms with van der Waals surface area (Å²) < 4.78 is 12.2. The normalized spacial score (nSPS) is 15.9. The fraction of sp³-hybridized carbons (Fsp3) is 0.381. The van der Waals surface area contributed by atoms with Crippen molar-refractivity contribution in [3.8, 4) is 11.5 Å². The summed E-state index contributed by atoms with van der Waals surface area (Å²) >= 11 is 1.81. The Morgan fingerprint density at radius 3 is 2.37 bits per heavy atom. The number of rotatable bonds is 6. The second-order valence-corrected chi connectivity index (χ2v) is 7.92. The Kier molecular flexibility index (Phi) is 5.57. The zero-order valence-electron chi connectivity index (χ0n) is 15.9. The van der Waals surface area contributed by atoms with E-state index in [0.717, 1.165) is 56.3 Å². The smallest absolute Gasteiger partial charge is 0.123 e. The molecular formula is C21H25N3O2S. The van der Waals surface area contributed by atoms with Gasteiger partial charge in [-0.15, -0.1) is 11.3 Å². The number of hydrogen-bond donors (Lipinski definition) is 0. The molecule has 0 spiro atoms. The van der Waals surface area contributed by atoms with Crippen molar-refractivity contribution in [3.63, 3.8) is 0 Å². The molecule has 6 heteroatoms. The fourth-order valence-corrected chi connectivity index (χ4v) is 4.54. The molecule has 3 aromatic rings. The summed E-state index contributed by atoms with van der Waals surface area (Å²) in [6.07, 6.45) is 0. The highest BCUT2D eigenvalue weighted by Crippen LogP contribution is 2.26. The molecule has 5 nitrogen and oxygen atoms in total. The molecule has 0 atom stereocenters. The average Bonchev–Trinajstić information content (AvgIpc) is 3.11. The van der Waals surface area contributed by atoms with Gasteiger partial charge in [-0.2, -0.15) is 0 Å². The van der Waals surface area contributed by atoms with Crippen molar-refractivity contribution in [3.05, 3.63) is 53.0 Å². The molecule has 1 aliphatic rings. The van der Waals surface area contributed by atoms with Crippen molar-refractivity contribution in [1.29, 1.82) is 0 Å². The van der Waals surface area contributed by atoms with Crippen molar-refractivity contribution in [1.82, 2.24) is 14.8 Å². The van der Waals surface area contributed by atoms with Crippen LogP contribution >= 0.6 is 11.3 Å². The van der Waals surface area contributed by atoms with Crippen LogP contribution < -0.4 is 9.47 Å². The number of para-hydroxylation sites is 1. The third kappa shape index (κ3) is 4.24. The summed E-state index contributed by atoms with van der Waals surface area (Å²) in [5.74, 6) is 1.80. The van der Waals surface area contributed by atoms with E-state index in [-0.39, 0.29) is 0 Å². The Hall–Kier alpha value is -2.15. The lowest BCUT2D eigenvalue weighted by atomic mass is 10.1. The number of fused-ring (bicyclic) bond motifs is 1. The van der Waals surface area contributed by atoms with Gasteiger partial charge in [0.05, 0.1) is 31.0 Å². The summed E-state index contributed by atoms with van der Waals surface area (Å²) in [5.41, 5.74) is 2.29. The van der Waals surface area contributed by atoms with Gasteiger partial charge in [-0.3, -0.25) is 9.80 Å². The van der Waals surface area contributed by atoms with Crippen molar-refractivity contribution < 1.29 is 9.47 Å². The zero-order chi connectivity index (χ0) is 18.6. The van der Waals surface area contributed by atoms with Crippen LogP contribution in [0.25, 0.3) is 10.2 Å². The number of aromatic nitrogens is 1. The summed E-state index contributed by atoms with van der Waals surface area (Å²) in [6.45, 7) is 6.03. The van der Waals surface area contributed by atoms with Gasteiger partial charge in [0.15, 0.2) is 0 Å². The van der Waals surface area contributed by atoms with E-state index in [4.69, 9.17) is 14.5 Å². The Morgan fingerprint density at radius 1 is 0.926 bits per heavy atom. The highest BCUT2D eigenvalue weighted by atomic mass is 32.1. The first-order chi connectivity index (χ1) is 13.2. The molecule has 0 saturated carbocycles. The SMILES string of the molecule is COc1ccc(OC)c(CN2CCN(Cc3nc4ccccc4s3)CC2)c1. The number of thiazole rings is 1. The standard InChI is InChI=1S/C21H25N3O2S/c1-25-17-7-8-19(26-2)16(13-17)14-23-9-11-24(12-10-23)15-21-22-18-5-3-4-6-20(18)27-21/h3-8,13H,9-12,14-15H2,1-2H3. The molecule has 0 amide bonds. The van der Waals surface area contributed by atoms with Gasteiger partial charge in [-0.25, -0.2) is 4.98 Å². The molecule has 1 aromatic heterocycles. The van der Waals surface area contributed by atoms with E-state index >= 15 is 0 Å². The highest BCUT2D eigenvalue weighted by molar-refractivity contribution is 7.18. The molecule has 27 heavy (non-hydrogen) atoms. The number of ether oxygens (including phenoxy) is 2. The zero-order valence-corrected chi connectivity index (χ0v) is 16.7. The number of hydrogen-bond acceptors (Lipinski definition) is 6. The molecule has 1 fully saturated rings. The summed E-state index contributed by atoms with van der Waals surface area (Å²) in [4.78, 5) is 9.74. The van der Waals surface area contributed by atoms with E-state index in [1.807, 2.05) is 12.1 Å². The molecule has 2 heterocycles. The molecule has 2 aromatic carbocycles. The molecule has 0 aliphatic carbocycles. The van der Waals surface area contributed by atoms with Crippen molar-refractivity contribution in [2.24, 2.45) is 0 Å². The van der Waals surface area contributed by atoms with E-state index in [1.165, 1.54) is 15.3 Å². The van der Waals surface area contributed by atoms with Crippen LogP contribution in [0.5, 0.6) is 11.5 Å². The number of piperazine rings is 1. The topological polar surface area (TPSA) is 37.8 Å². The maximum absolute atomic E-state index is 5.52. The van der Waals surface area contributed by atoms with Crippen molar-refractivity contribution >= 4 is 21.6 Å². The number of nitrogens with zero attached hydrogens (tertiary/aromatic N) is 3. The maximum atomic E-state index is 5.52. The van der Waals surface area contributed by atoms with Gasteiger partial charge in [0.1, 0.15) is 16.5 Å². The van der Waals surface area contributed by atoms with E-state index in [0.29, 0.717) is 0 Å². The Morgan fingerprint density at radius 2 is 1.67 bits per heavy atom. The van der Waals surface area contributed by atoms with Crippen LogP contribution in [-0.2, 0) is 13.1 Å². The molecule has 142 valence electrons. The summed E-state index contributed by atoms with van der Waals surface area (Å²) in [6, 6.07) is 14.4. The highest BCUT2D eigenvalue weighted by Gasteiger charge is 2.19. The molecule has 0 radical (unpaired) electrons. The third-order valence-electron chi connectivity index (χ3n) is 5.04. The first kappa shape index (κ1) is 18.2. The van der Waals surface area contributed by atoms with Gasteiger partial charge in [0.2, 0.25) is 0 Å². The lowest BCUT2D eigenvalue weighted by molar-refractivity contribution is 0.121. The Bertz CT molecular complexity index is 870. The van der Waals surface area contributed by atoms with Gasteiger partial charge < -0.3 is 9.47 Å². The van der Waals surface area contributed by atoms with Gasteiger partial charge in [-0.1, -0.05) is 12.1 Å². The van der Waals surface area contributed by atoms with Crippen LogP contribution in [0, 0.1) is 0 Å². The molecule has 4 rings (SSSR count). The first-order valence-electron chi connectivity index (χ1n) is 9.25. The summed E-state index contributed by atoms with van der Waals surface area (Å²) in [5, 5.41) is 1.21. The Labute approximate surface area is 164 Å². The quantitative estimate of drug-likeness (QED) is 0.650. The minimum atomic E-state index is 0.875. The summed E-state index contributed by atoms with van der Waals surface area (Å²) in [7, 11) is 3.42. The molecular weight excluding hydrogens is 358 g/mol. The third-order valence-corrected chi connectivity index (χ3v) is 6.06. The van der Waals surface area contributed by atoms with Crippen LogP contribution in [0.2, 0.25) is 0 Å². The lowest BCUT2D eigenvalue weighted by Gasteiger charge is -2.34. The Balaban J connectivity index is 1.35. The van der Waals surface area contributed by atoms with E-state index in [1.54, 1.807) is 25.6 Å². The van der Waals surface area contributed by atoms with Gasteiger partial charge >= 0.3 is 0 Å². The van der Waals surface area contributed by atoms with Crippen LogP contribution in [0.3, 0.4) is 0 Å². The van der Waals surface area contributed by atoms with Crippen LogP contribution in [-0.4, -0.2) is 55.2 Å². The largest absolute Gasteiger partial charge is 0.497 e. The second kappa shape index (κ2) is 8.25.